The molecule has 146 valence electrons. The van der Waals surface area contributed by atoms with Crippen LogP contribution in [0.2, 0.25) is 0 Å². The van der Waals surface area contributed by atoms with Crippen LogP contribution in [0.1, 0.15) is 36.2 Å². The molecule has 0 radical (unpaired) electrons. The van der Waals surface area contributed by atoms with Gasteiger partial charge in [0.05, 0.1) is 5.92 Å². The second-order valence-electron chi connectivity index (χ2n) is 7.08. The number of hydrogen-bond acceptors (Lipinski definition) is 3. The van der Waals surface area contributed by atoms with Gasteiger partial charge in [-0.25, -0.2) is 0 Å². The fourth-order valence-corrected chi connectivity index (χ4v) is 3.63. The molecule has 1 amide bonds. The number of benzene rings is 1. The zero-order valence-corrected chi connectivity index (χ0v) is 15.3. The molecule has 1 aliphatic rings. The summed E-state index contributed by atoms with van der Waals surface area (Å²) < 4.78 is 26.7. The molecule has 7 heteroatoms. The van der Waals surface area contributed by atoms with Gasteiger partial charge in [-0.15, -0.1) is 0 Å². The third kappa shape index (κ3) is 5.37. The number of halogens is 2. The number of primary amides is 1. The van der Waals surface area contributed by atoms with E-state index in [2.05, 4.69) is 22.3 Å². The summed E-state index contributed by atoms with van der Waals surface area (Å²) in [7, 11) is 0. The molecule has 1 fully saturated rings. The standard InChI is InChI=1S/C20H26F2N4O/c21-20(22)26-9-3-7-18(26)12-24-11-15-4-1-5-16(10-15)13-25-8-2-6-17(14-25)19(23)27/h1,3-5,7,9-10,17,20,24H,2,6,8,11-14H2,(H2,23,27). The topological polar surface area (TPSA) is 63.3 Å². The summed E-state index contributed by atoms with van der Waals surface area (Å²) in [5.41, 5.74) is 8.29. The third-order valence-electron chi connectivity index (χ3n) is 5.02. The molecular weight excluding hydrogens is 350 g/mol. The van der Waals surface area contributed by atoms with Gasteiger partial charge in [0.25, 0.3) is 0 Å². The van der Waals surface area contributed by atoms with Crippen molar-refractivity contribution in [3.05, 3.63) is 59.4 Å². The molecule has 1 atom stereocenters. The first-order valence-electron chi connectivity index (χ1n) is 9.27. The number of nitrogens with two attached hydrogens (primary N) is 1. The fraction of sp³-hybridized carbons (Fsp3) is 0.450. The first-order chi connectivity index (χ1) is 13.0. The van der Waals surface area contributed by atoms with Crippen molar-refractivity contribution in [1.29, 1.82) is 0 Å². The molecule has 0 spiro atoms. The van der Waals surface area contributed by atoms with Crippen LogP contribution in [-0.2, 0) is 24.4 Å². The van der Waals surface area contributed by atoms with Crippen LogP contribution in [-0.4, -0.2) is 28.5 Å². The van der Waals surface area contributed by atoms with Crippen molar-refractivity contribution in [3.63, 3.8) is 0 Å². The molecule has 0 saturated carbocycles. The lowest BCUT2D eigenvalue weighted by molar-refractivity contribution is -0.123. The predicted molar refractivity (Wildman–Crippen MR) is 99.9 cm³/mol. The van der Waals surface area contributed by atoms with E-state index in [0.717, 1.165) is 36.1 Å². The Kier molecular flexibility index (Phi) is 6.58. The molecule has 27 heavy (non-hydrogen) atoms. The average molecular weight is 376 g/mol. The minimum absolute atomic E-state index is 0.0605. The van der Waals surface area contributed by atoms with Crippen molar-refractivity contribution in [2.75, 3.05) is 13.1 Å². The Labute approximate surface area is 158 Å². The van der Waals surface area contributed by atoms with Gasteiger partial charge in [-0.1, -0.05) is 24.3 Å². The maximum absolute atomic E-state index is 12.9. The molecule has 2 aromatic rings. The number of aromatic nitrogens is 1. The number of carbonyl (C=O) groups excluding carboxylic acids is 1. The number of carbonyl (C=O) groups is 1. The zero-order chi connectivity index (χ0) is 19.2. The first kappa shape index (κ1) is 19.5. The Morgan fingerprint density at radius 1 is 1.22 bits per heavy atom. The van der Waals surface area contributed by atoms with Crippen LogP contribution >= 0.6 is 0 Å². The van der Waals surface area contributed by atoms with E-state index in [1.54, 1.807) is 12.1 Å². The normalized spacial score (nSPS) is 18.1. The van der Waals surface area contributed by atoms with Crippen molar-refractivity contribution in [2.45, 2.75) is 39.0 Å². The van der Waals surface area contributed by atoms with Crippen molar-refractivity contribution >= 4 is 5.91 Å². The fourth-order valence-electron chi connectivity index (χ4n) is 3.63. The summed E-state index contributed by atoms with van der Waals surface area (Å²) in [5, 5.41) is 3.22. The average Bonchev–Trinajstić information content (AvgIpc) is 3.11. The second kappa shape index (κ2) is 9.10. The lowest BCUT2D eigenvalue weighted by Crippen LogP contribution is -2.40. The Morgan fingerprint density at radius 2 is 2.04 bits per heavy atom. The van der Waals surface area contributed by atoms with E-state index in [1.807, 2.05) is 12.1 Å². The minimum atomic E-state index is -2.52. The van der Waals surface area contributed by atoms with Gasteiger partial charge in [0.15, 0.2) is 0 Å². The van der Waals surface area contributed by atoms with Crippen LogP contribution in [0, 0.1) is 5.92 Å². The monoisotopic (exact) mass is 376 g/mol. The van der Waals surface area contributed by atoms with Gasteiger partial charge < -0.3 is 11.1 Å². The number of nitrogens with one attached hydrogen (secondary N) is 1. The van der Waals surface area contributed by atoms with Gasteiger partial charge in [-0.3, -0.25) is 14.3 Å². The van der Waals surface area contributed by atoms with E-state index in [4.69, 9.17) is 5.73 Å². The summed E-state index contributed by atoms with van der Waals surface area (Å²) in [6, 6.07) is 11.5. The Hall–Kier alpha value is -2.25. The number of amides is 1. The predicted octanol–water partition coefficient (Wildman–Crippen LogP) is 2.87. The lowest BCUT2D eigenvalue weighted by atomic mass is 9.97. The molecule has 1 aromatic carbocycles. The maximum Gasteiger partial charge on any atom is 0.318 e. The van der Waals surface area contributed by atoms with Gasteiger partial charge in [0.1, 0.15) is 0 Å². The van der Waals surface area contributed by atoms with Gasteiger partial charge in [-0.2, -0.15) is 8.78 Å². The highest BCUT2D eigenvalue weighted by atomic mass is 19.3. The Morgan fingerprint density at radius 3 is 2.81 bits per heavy atom. The molecule has 3 rings (SSSR count). The summed E-state index contributed by atoms with van der Waals surface area (Å²) in [4.78, 5) is 13.7. The molecule has 0 aliphatic carbocycles. The number of rotatable bonds is 8. The third-order valence-corrected chi connectivity index (χ3v) is 5.02. The van der Waals surface area contributed by atoms with Crippen molar-refractivity contribution in [1.82, 2.24) is 14.8 Å². The quantitative estimate of drug-likeness (QED) is 0.745. The van der Waals surface area contributed by atoms with E-state index in [9.17, 15) is 13.6 Å². The Bertz CT molecular complexity index is 762. The van der Waals surface area contributed by atoms with Crippen LogP contribution in [0.25, 0.3) is 0 Å². The van der Waals surface area contributed by atoms with Crippen molar-refractivity contribution < 1.29 is 13.6 Å². The molecule has 1 aromatic heterocycles. The molecular formula is C20H26F2N4O. The number of likely N-dealkylation sites (tertiary alicyclic amines) is 1. The highest BCUT2D eigenvalue weighted by Crippen LogP contribution is 2.19. The zero-order valence-electron chi connectivity index (χ0n) is 15.3. The summed E-state index contributed by atoms with van der Waals surface area (Å²) in [6.45, 7) is 0.930. The van der Waals surface area contributed by atoms with E-state index in [1.165, 1.54) is 11.8 Å². The highest BCUT2D eigenvalue weighted by Gasteiger charge is 2.23. The second-order valence-corrected chi connectivity index (χ2v) is 7.08. The number of alkyl halides is 2. The van der Waals surface area contributed by atoms with Gasteiger partial charge in [-0.05, 0) is 42.6 Å². The molecule has 2 heterocycles. The molecule has 0 bridgehead atoms. The molecule has 1 unspecified atom stereocenters. The summed E-state index contributed by atoms with van der Waals surface area (Å²) in [5.74, 6) is -0.277. The number of piperidine rings is 1. The lowest BCUT2D eigenvalue weighted by Gasteiger charge is -2.31. The minimum Gasteiger partial charge on any atom is -0.369 e. The Balaban J connectivity index is 1.53. The van der Waals surface area contributed by atoms with Crippen LogP contribution in [0.15, 0.2) is 42.6 Å². The van der Waals surface area contributed by atoms with Crippen LogP contribution in [0.3, 0.4) is 0 Å². The first-order valence-corrected chi connectivity index (χ1v) is 9.27. The molecule has 1 saturated heterocycles. The molecule has 3 N–H and O–H groups in total. The molecule has 5 nitrogen and oxygen atoms in total. The van der Waals surface area contributed by atoms with Gasteiger partial charge in [0.2, 0.25) is 5.91 Å². The number of nitrogens with zero attached hydrogens (tertiary/aromatic N) is 2. The van der Waals surface area contributed by atoms with Gasteiger partial charge >= 0.3 is 6.55 Å². The van der Waals surface area contributed by atoms with E-state index < -0.39 is 6.55 Å². The van der Waals surface area contributed by atoms with Gasteiger partial charge in [0, 0.05) is 38.1 Å². The maximum atomic E-state index is 12.9. The number of hydrogen-bond donors (Lipinski definition) is 2. The largest absolute Gasteiger partial charge is 0.369 e. The van der Waals surface area contributed by atoms with Crippen LogP contribution < -0.4 is 11.1 Å². The SMILES string of the molecule is NC(=O)C1CCCN(Cc2cccc(CNCc3cccn3C(F)F)c2)C1. The van der Waals surface area contributed by atoms with Crippen molar-refractivity contribution in [3.8, 4) is 0 Å². The summed E-state index contributed by atoms with van der Waals surface area (Å²) >= 11 is 0. The molecule has 1 aliphatic heterocycles. The summed E-state index contributed by atoms with van der Waals surface area (Å²) in [6.07, 6.45) is 3.25. The van der Waals surface area contributed by atoms with Crippen LogP contribution in [0.5, 0.6) is 0 Å². The highest BCUT2D eigenvalue weighted by molar-refractivity contribution is 5.76. The van der Waals surface area contributed by atoms with Crippen LogP contribution in [0.4, 0.5) is 8.78 Å². The smallest absolute Gasteiger partial charge is 0.318 e. The van der Waals surface area contributed by atoms with E-state index in [-0.39, 0.29) is 11.8 Å². The van der Waals surface area contributed by atoms with Crippen molar-refractivity contribution in [2.24, 2.45) is 11.7 Å². The van der Waals surface area contributed by atoms with E-state index in [0.29, 0.717) is 25.3 Å². The van der Waals surface area contributed by atoms with E-state index >= 15 is 0 Å².